The highest BCUT2D eigenvalue weighted by molar-refractivity contribution is 5.51. The molecule has 5 heteroatoms. The van der Waals surface area contributed by atoms with Crippen LogP contribution in [0.4, 0.5) is 14.5 Å². The lowest BCUT2D eigenvalue weighted by atomic mass is 10.1. The first kappa shape index (κ1) is 14.2. The van der Waals surface area contributed by atoms with Crippen LogP contribution in [-0.4, -0.2) is 33.4 Å². The number of anilines is 1. The molecule has 1 aliphatic rings. The molecule has 0 radical (unpaired) electrons. The summed E-state index contributed by atoms with van der Waals surface area (Å²) in [6, 6.07) is 2.83. The van der Waals surface area contributed by atoms with Gasteiger partial charge >= 0.3 is 0 Å². The van der Waals surface area contributed by atoms with Crippen LogP contribution in [0.1, 0.15) is 18.4 Å². The fourth-order valence-corrected chi connectivity index (χ4v) is 2.37. The van der Waals surface area contributed by atoms with E-state index >= 15 is 0 Å². The van der Waals surface area contributed by atoms with E-state index < -0.39 is 11.6 Å². The maximum atomic E-state index is 14.0. The average Bonchev–Trinajstić information content (AvgIpc) is 2.87. The highest BCUT2D eigenvalue weighted by Crippen LogP contribution is 2.27. The van der Waals surface area contributed by atoms with Gasteiger partial charge in [-0.15, -0.1) is 0 Å². The van der Waals surface area contributed by atoms with Gasteiger partial charge in [0.2, 0.25) is 0 Å². The van der Waals surface area contributed by atoms with Crippen LogP contribution in [-0.2, 0) is 11.3 Å². The summed E-state index contributed by atoms with van der Waals surface area (Å²) in [5.74, 6) is -0.934. The van der Waals surface area contributed by atoms with Crippen molar-refractivity contribution in [2.75, 3.05) is 38.3 Å². The second-order valence-corrected chi connectivity index (χ2v) is 4.77. The molecule has 0 bridgehead atoms. The Kier molecular flexibility index (Phi) is 5.10. The molecule has 1 aromatic rings. The van der Waals surface area contributed by atoms with Crippen LogP contribution in [0.25, 0.3) is 0 Å². The first-order valence-electron chi connectivity index (χ1n) is 6.65. The fraction of sp³-hybridized carbons (Fsp3) is 0.571. The van der Waals surface area contributed by atoms with Crippen molar-refractivity contribution < 1.29 is 13.5 Å². The summed E-state index contributed by atoms with van der Waals surface area (Å²) in [4.78, 5) is 1.78. The molecule has 1 saturated heterocycles. The number of hydrogen-bond donors (Lipinski definition) is 1. The summed E-state index contributed by atoms with van der Waals surface area (Å²) in [6.07, 6.45) is 2.00. The van der Waals surface area contributed by atoms with Crippen molar-refractivity contribution in [3.05, 3.63) is 29.3 Å². The molecule has 0 aliphatic carbocycles. The van der Waals surface area contributed by atoms with E-state index in [4.69, 9.17) is 4.74 Å². The van der Waals surface area contributed by atoms with E-state index in [9.17, 15) is 8.78 Å². The standard InChI is InChI=1S/C14H20F2N2O/c1-19-7-4-17-10-11-8-12(15)14(13(16)9-11)18-5-2-3-6-18/h8-9,17H,2-7,10H2,1H3. The highest BCUT2D eigenvalue weighted by Gasteiger charge is 2.20. The van der Waals surface area contributed by atoms with Gasteiger partial charge in [0.15, 0.2) is 0 Å². The molecule has 1 heterocycles. The molecule has 0 spiro atoms. The molecule has 106 valence electrons. The third-order valence-corrected chi connectivity index (χ3v) is 3.31. The molecule has 1 N–H and O–H groups in total. The molecule has 1 fully saturated rings. The molecule has 0 saturated carbocycles. The summed E-state index contributed by atoms with van der Waals surface area (Å²) < 4.78 is 32.9. The number of nitrogens with zero attached hydrogens (tertiary/aromatic N) is 1. The van der Waals surface area contributed by atoms with Gasteiger partial charge in [-0.25, -0.2) is 8.78 Å². The first-order chi connectivity index (χ1) is 9.22. The number of benzene rings is 1. The molecule has 0 atom stereocenters. The molecule has 2 rings (SSSR count). The zero-order valence-corrected chi connectivity index (χ0v) is 11.2. The second-order valence-electron chi connectivity index (χ2n) is 4.77. The van der Waals surface area contributed by atoms with Crippen molar-refractivity contribution in [3.63, 3.8) is 0 Å². The topological polar surface area (TPSA) is 24.5 Å². The van der Waals surface area contributed by atoms with Crippen LogP contribution in [0, 0.1) is 11.6 Å². The molecule has 19 heavy (non-hydrogen) atoms. The summed E-state index contributed by atoms with van der Waals surface area (Å²) in [5.41, 5.74) is 0.743. The summed E-state index contributed by atoms with van der Waals surface area (Å²) in [6.45, 7) is 3.15. The van der Waals surface area contributed by atoms with Crippen LogP contribution in [0.5, 0.6) is 0 Å². The first-order valence-corrected chi connectivity index (χ1v) is 6.65. The zero-order chi connectivity index (χ0) is 13.7. The Bertz CT molecular complexity index is 397. The predicted octanol–water partition coefficient (Wildman–Crippen LogP) is 2.30. The highest BCUT2D eigenvalue weighted by atomic mass is 19.1. The molecule has 0 aromatic heterocycles. The van der Waals surface area contributed by atoms with Crippen LogP contribution in [0.2, 0.25) is 0 Å². The summed E-state index contributed by atoms with van der Waals surface area (Å²) in [5, 5.41) is 3.07. The Morgan fingerprint density at radius 3 is 2.42 bits per heavy atom. The SMILES string of the molecule is COCCNCc1cc(F)c(N2CCCC2)c(F)c1. The monoisotopic (exact) mass is 270 g/mol. The summed E-state index contributed by atoms with van der Waals surface area (Å²) in [7, 11) is 1.62. The minimum Gasteiger partial charge on any atom is -0.383 e. The Labute approximate surface area is 112 Å². The van der Waals surface area contributed by atoms with Gasteiger partial charge in [-0.2, -0.15) is 0 Å². The van der Waals surface area contributed by atoms with Gasteiger partial charge in [-0.3, -0.25) is 0 Å². The molecular formula is C14H20F2N2O. The number of halogens is 2. The second kappa shape index (κ2) is 6.82. The number of hydrogen-bond acceptors (Lipinski definition) is 3. The van der Waals surface area contributed by atoms with Gasteiger partial charge in [0, 0.05) is 33.3 Å². The van der Waals surface area contributed by atoms with Crippen LogP contribution >= 0.6 is 0 Å². The lowest BCUT2D eigenvalue weighted by Crippen LogP contribution is -2.22. The normalized spacial score (nSPS) is 15.2. The number of rotatable bonds is 6. The molecule has 3 nitrogen and oxygen atoms in total. The lowest BCUT2D eigenvalue weighted by molar-refractivity contribution is 0.199. The van der Waals surface area contributed by atoms with E-state index in [2.05, 4.69) is 5.32 Å². The van der Waals surface area contributed by atoms with E-state index in [0.717, 1.165) is 25.9 Å². The number of ether oxygens (including phenoxy) is 1. The smallest absolute Gasteiger partial charge is 0.149 e. The van der Waals surface area contributed by atoms with Gasteiger partial charge in [-0.05, 0) is 30.5 Å². The molecule has 0 amide bonds. The number of methoxy groups -OCH3 is 1. The quantitative estimate of drug-likeness (QED) is 0.803. The van der Waals surface area contributed by atoms with E-state index in [0.29, 0.717) is 25.3 Å². The van der Waals surface area contributed by atoms with E-state index in [1.54, 1.807) is 12.0 Å². The maximum absolute atomic E-state index is 14.0. The zero-order valence-electron chi connectivity index (χ0n) is 11.2. The summed E-state index contributed by atoms with van der Waals surface area (Å²) >= 11 is 0. The Morgan fingerprint density at radius 1 is 1.21 bits per heavy atom. The Morgan fingerprint density at radius 2 is 1.84 bits per heavy atom. The van der Waals surface area contributed by atoms with Crippen molar-refractivity contribution in [2.24, 2.45) is 0 Å². The minimum atomic E-state index is -0.467. The number of nitrogens with one attached hydrogen (secondary N) is 1. The minimum absolute atomic E-state index is 0.123. The van der Waals surface area contributed by atoms with E-state index in [-0.39, 0.29) is 5.69 Å². The van der Waals surface area contributed by atoms with Gasteiger partial charge in [0.1, 0.15) is 17.3 Å². The third-order valence-electron chi connectivity index (χ3n) is 3.31. The van der Waals surface area contributed by atoms with E-state index in [1.165, 1.54) is 12.1 Å². The lowest BCUT2D eigenvalue weighted by Gasteiger charge is -2.19. The molecule has 1 aromatic carbocycles. The van der Waals surface area contributed by atoms with Gasteiger partial charge in [0.25, 0.3) is 0 Å². The van der Waals surface area contributed by atoms with Crippen LogP contribution in [0.3, 0.4) is 0 Å². The Balaban J connectivity index is 2.03. The van der Waals surface area contributed by atoms with Crippen molar-refractivity contribution >= 4 is 5.69 Å². The Hall–Kier alpha value is -1.20. The van der Waals surface area contributed by atoms with Crippen LogP contribution < -0.4 is 10.2 Å². The predicted molar refractivity (Wildman–Crippen MR) is 71.4 cm³/mol. The molecule has 0 unspecified atom stereocenters. The maximum Gasteiger partial charge on any atom is 0.149 e. The van der Waals surface area contributed by atoms with Gasteiger partial charge < -0.3 is 15.0 Å². The fourth-order valence-electron chi connectivity index (χ4n) is 2.37. The average molecular weight is 270 g/mol. The largest absolute Gasteiger partial charge is 0.383 e. The van der Waals surface area contributed by atoms with Crippen LogP contribution in [0.15, 0.2) is 12.1 Å². The van der Waals surface area contributed by atoms with Gasteiger partial charge in [-0.1, -0.05) is 0 Å². The molecular weight excluding hydrogens is 250 g/mol. The van der Waals surface area contributed by atoms with Crippen molar-refractivity contribution in [3.8, 4) is 0 Å². The van der Waals surface area contributed by atoms with Crippen molar-refractivity contribution in [1.82, 2.24) is 5.32 Å². The van der Waals surface area contributed by atoms with Crippen molar-refractivity contribution in [1.29, 1.82) is 0 Å². The molecule has 1 aliphatic heterocycles. The van der Waals surface area contributed by atoms with E-state index in [1.807, 2.05) is 0 Å². The van der Waals surface area contributed by atoms with Crippen molar-refractivity contribution in [2.45, 2.75) is 19.4 Å². The van der Waals surface area contributed by atoms with Gasteiger partial charge in [0.05, 0.1) is 6.61 Å². The third kappa shape index (κ3) is 3.64.